The van der Waals surface area contributed by atoms with Crippen molar-refractivity contribution in [3.8, 4) is 0 Å². The zero-order chi connectivity index (χ0) is 16.9. The second kappa shape index (κ2) is 8.21. The first-order chi connectivity index (χ1) is 11.6. The van der Waals surface area contributed by atoms with E-state index in [2.05, 4.69) is 40.2 Å². The van der Waals surface area contributed by atoms with Gasteiger partial charge in [0.25, 0.3) is 0 Å². The second-order valence-corrected chi connectivity index (χ2v) is 7.84. The van der Waals surface area contributed by atoms with Crippen molar-refractivity contribution in [3.05, 3.63) is 57.5 Å². The summed E-state index contributed by atoms with van der Waals surface area (Å²) in [6.07, 6.45) is 0. The fourth-order valence-corrected chi connectivity index (χ4v) is 4.10. The van der Waals surface area contributed by atoms with Crippen molar-refractivity contribution in [2.45, 2.75) is 19.6 Å². The van der Waals surface area contributed by atoms with Gasteiger partial charge in [-0.25, -0.2) is 4.39 Å². The van der Waals surface area contributed by atoms with E-state index in [1.54, 1.807) is 12.1 Å². The highest BCUT2D eigenvalue weighted by molar-refractivity contribution is 7.10. The van der Waals surface area contributed by atoms with Crippen LogP contribution in [0.15, 0.2) is 35.7 Å². The van der Waals surface area contributed by atoms with Gasteiger partial charge in [0.15, 0.2) is 0 Å². The minimum Gasteiger partial charge on any atom is -0.305 e. The fourth-order valence-electron chi connectivity index (χ4n) is 3.18. The Kier molecular flexibility index (Phi) is 6.00. The van der Waals surface area contributed by atoms with Crippen LogP contribution < -0.4 is 0 Å². The van der Waals surface area contributed by atoms with Gasteiger partial charge in [0.2, 0.25) is 0 Å². The third kappa shape index (κ3) is 5.11. The molecule has 0 N–H and O–H groups in total. The molecule has 1 saturated heterocycles. The lowest BCUT2D eigenvalue weighted by Crippen LogP contribution is -2.45. The van der Waals surface area contributed by atoms with Gasteiger partial charge in [0.05, 0.1) is 0 Å². The molecule has 0 aliphatic carbocycles. The molecule has 130 valence electrons. The van der Waals surface area contributed by atoms with Gasteiger partial charge in [-0.3, -0.25) is 9.80 Å². The predicted molar refractivity (Wildman–Crippen MR) is 98.7 cm³/mol. The number of benzene rings is 1. The standard InChI is InChI=1S/C19H26FN3S/c1-21(2)12-17-11-19(24-15-17)14-23-8-6-22(7-9-23)13-16-4-3-5-18(20)10-16/h3-5,10-11,15H,6-9,12-14H2,1-2H3. The summed E-state index contributed by atoms with van der Waals surface area (Å²) in [5.41, 5.74) is 2.47. The summed E-state index contributed by atoms with van der Waals surface area (Å²) >= 11 is 1.87. The van der Waals surface area contributed by atoms with Crippen LogP contribution in [0.4, 0.5) is 4.39 Å². The Bertz CT molecular complexity index is 648. The van der Waals surface area contributed by atoms with Crippen molar-refractivity contribution >= 4 is 11.3 Å². The summed E-state index contributed by atoms with van der Waals surface area (Å²) < 4.78 is 13.3. The molecular weight excluding hydrogens is 321 g/mol. The maximum absolute atomic E-state index is 13.3. The SMILES string of the molecule is CN(C)Cc1csc(CN2CCN(Cc3cccc(F)c3)CC2)c1. The van der Waals surface area contributed by atoms with E-state index in [4.69, 9.17) is 0 Å². The summed E-state index contributed by atoms with van der Waals surface area (Å²) in [6.45, 7) is 7.16. The summed E-state index contributed by atoms with van der Waals surface area (Å²) in [5, 5.41) is 2.27. The minimum absolute atomic E-state index is 0.141. The summed E-state index contributed by atoms with van der Waals surface area (Å²) in [4.78, 5) is 8.59. The van der Waals surface area contributed by atoms with Gasteiger partial charge < -0.3 is 4.90 Å². The molecule has 2 aromatic rings. The first-order valence-electron chi connectivity index (χ1n) is 8.48. The van der Waals surface area contributed by atoms with E-state index in [0.29, 0.717) is 0 Å². The van der Waals surface area contributed by atoms with Crippen molar-refractivity contribution in [1.82, 2.24) is 14.7 Å². The van der Waals surface area contributed by atoms with Gasteiger partial charge in [0, 0.05) is 50.7 Å². The lowest BCUT2D eigenvalue weighted by atomic mass is 10.2. The summed E-state index contributed by atoms with van der Waals surface area (Å²) in [6, 6.07) is 9.29. The highest BCUT2D eigenvalue weighted by Gasteiger charge is 2.17. The van der Waals surface area contributed by atoms with Crippen LogP contribution in [0.2, 0.25) is 0 Å². The molecule has 0 spiro atoms. The quantitative estimate of drug-likeness (QED) is 0.794. The minimum atomic E-state index is -0.141. The fraction of sp³-hybridized carbons (Fsp3) is 0.474. The highest BCUT2D eigenvalue weighted by atomic mass is 32.1. The number of piperazine rings is 1. The van der Waals surface area contributed by atoms with Crippen molar-refractivity contribution < 1.29 is 4.39 Å². The van der Waals surface area contributed by atoms with Gasteiger partial charge in [-0.1, -0.05) is 12.1 Å². The topological polar surface area (TPSA) is 9.72 Å². The molecule has 2 heterocycles. The molecular formula is C19H26FN3S. The molecule has 1 aliphatic rings. The zero-order valence-corrected chi connectivity index (χ0v) is 15.4. The van der Waals surface area contributed by atoms with Gasteiger partial charge in [-0.15, -0.1) is 11.3 Å². The molecule has 5 heteroatoms. The Balaban J connectivity index is 1.46. The Morgan fingerprint density at radius 3 is 2.38 bits per heavy atom. The van der Waals surface area contributed by atoms with E-state index in [-0.39, 0.29) is 5.82 Å². The van der Waals surface area contributed by atoms with Crippen LogP contribution in [0, 0.1) is 5.82 Å². The van der Waals surface area contributed by atoms with Crippen LogP contribution in [0.25, 0.3) is 0 Å². The lowest BCUT2D eigenvalue weighted by molar-refractivity contribution is 0.122. The highest BCUT2D eigenvalue weighted by Crippen LogP contribution is 2.19. The Morgan fingerprint density at radius 1 is 1.00 bits per heavy atom. The maximum Gasteiger partial charge on any atom is 0.123 e. The zero-order valence-electron chi connectivity index (χ0n) is 14.5. The monoisotopic (exact) mass is 347 g/mol. The summed E-state index contributed by atoms with van der Waals surface area (Å²) in [7, 11) is 4.21. The van der Waals surface area contributed by atoms with E-state index in [1.807, 2.05) is 17.4 Å². The maximum atomic E-state index is 13.3. The molecule has 1 aromatic carbocycles. The molecule has 3 nitrogen and oxygen atoms in total. The van der Waals surface area contributed by atoms with E-state index in [9.17, 15) is 4.39 Å². The number of hydrogen-bond acceptors (Lipinski definition) is 4. The first kappa shape index (κ1) is 17.5. The molecule has 0 radical (unpaired) electrons. The third-order valence-corrected chi connectivity index (χ3v) is 5.32. The molecule has 0 saturated carbocycles. The number of halogens is 1. The van der Waals surface area contributed by atoms with Crippen LogP contribution >= 0.6 is 11.3 Å². The molecule has 0 amide bonds. The largest absolute Gasteiger partial charge is 0.305 e. The van der Waals surface area contributed by atoms with Crippen molar-refractivity contribution in [2.75, 3.05) is 40.3 Å². The third-order valence-electron chi connectivity index (χ3n) is 4.35. The molecule has 24 heavy (non-hydrogen) atoms. The molecule has 0 bridgehead atoms. The van der Waals surface area contributed by atoms with Gasteiger partial charge in [-0.05, 0) is 48.8 Å². The number of rotatable bonds is 6. The average Bonchev–Trinajstić information content (AvgIpc) is 2.95. The Hall–Kier alpha value is -1.27. The van der Waals surface area contributed by atoms with Crippen LogP contribution in [0.1, 0.15) is 16.0 Å². The Morgan fingerprint density at radius 2 is 1.71 bits per heavy atom. The first-order valence-corrected chi connectivity index (χ1v) is 9.36. The van der Waals surface area contributed by atoms with E-state index < -0.39 is 0 Å². The molecule has 1 fully saturated rings. The number of hydrogen-bond donors (Lipinski definition) is 0. The van der Waals surface area contributed by atoms with Gasteiger partial charge in [0.1, 0.15) is 5.82 Å². The lowest BCUT2D eigenvalue weighted by Gasteiger charge is -2.34. The Labute approximate surface area is 148 Å². The van der Waals surface area contributed by atoms with Crippen molar-refractivity contribution in [1.29, 1.82) is 0 Å². The smallest absolute Gasteiger partial charge is 0.123 e. The summed E-state index contributed by atoms with van der Waals surface area (Å²) in [5.74, 6) is -0.141. The van der Waals surface area contributed by atoms with Crippen LogP contribution in [0.5, 0.6) is 0 Å². The van der Waals surface area contributed by atoms with E-state index in [1.165, 1.54) is 16.5 Å². The van der Waals surface area contributed by atoms with Crippen molar-refractivity contribution in [2.24, 2.45) is 0 Å². The molecule has 3 rings (SSSR count). The van der Waals surface area contributed by atoms with Crippen molar-refractivity contribution in [3.63, 3.8) is 0 Å². The second-order valence-electron chi connectivity index (χ2n) is 6.84. The van der Waals surface area contributed by atoms with Crippen LogP contribution in [0.3, 0.4) is 0 Å². The van der Waals surface area contributed by atoms with Gasteiger partial charge >= 0.3 is 0 Å². The number of nitrogens with zero attached hydrogens (tertiary/aromatic N) is 3. The predicted octanol–water partition coefficient (Wildman–Crippen LogP) is 3.27. The van der Waals surface area contributed by atoms with Gasteiger partial charge in [-0.2, -0.15) is 0 Å². The van der Waals surface area contributed by atoms with E-state index in [0.717, 1.165) is 51.4 Å². The molecule has 0 atom stereocenters. The van der Waals surface area contributed by atoms with Crippen LogP contribution in [-0.2, 0) is 19.6 Å². The van der Waals surface area contributed by atoms with E-state index >= 15 is 0 Å². The molecule has 1 aromatic heterocycles. The number of thiophene rings is 1. The molecule has 1 aliphatic heterocycles. The average molecular weight is 348 g/mol. The normalized spacial score (nSPS) is 16.8. The molecule has 0 unspecified atom stereocenters. The van der Waals surface area contributed by atoms with Crippen LogP contribution in [-0.4, -0.2) is 55.0 Å².